The Morgan fingerprint density at radius 3 is 2.71 bits per heavy atom. The predicted molar refractivity (Wildman–Crippen MR) is 86.4 cm³/mol. The number of amides is 1. The van der Waals surface area contributed by atoms with Crippen LogP contribution in [-0.2, 0) is 18.4 Å². The molecule has 0 aliphatic rings. The molecule has 0 saturated carbocycles. The van der Waals surface area contributed by atoms with E-state index < -0.39 is 12.1 Å². The molecule has 24 heavy (non-hydrogen) atoms. The first-order chi connectivity index (χ1) is 11.5. The first-order valence-corrected chi connectivity index (χ1v) is 7.19. The smallest absolute Gasteiger partial charge is 0.408 e. The number of benzene rings is 1. The molecule has 0 unspecified atom stereocenters. The maximum Gasteiger partial charge on any atom is 0.408 e. The zero-order valence-corrected chi connectivity index (χ0v) is 13.4. The fourth-order valence-electron chi connectivity index (χ4n) is 2.08. The largest absolute Gasteiger partial charge is 0.476 e. The number of aromatic carboxylic acids is 1. The number of nitrogens with zero attached hydrogens (tertiary/aromatic N) is 2. The molecule has 124 valence electrons. The minimum absolute atomic E-state index is 0.0201. The summed E-state index contributed by atoms with van der Waals surface area (Å²) in [6.07, 6.45) is -0.588. The number of hydrogen-bond donors (Lipinski definition) is 2. The summed E-state index contributed by atoms with van der Waals surface area (Å²) in [6, 6.07) is 9.30. The Kier molecular flexibility index (Phi) is 5.58. The van der Waals surface area contributed by atoms with E-state index in [1.165, 1.54) is 4.68 Å². The van der Waals surface area contributed by atoms with Gasteiger partial charge in [-0.2, -0.15) is 5.10 Å². The summed E-state index contributed by atoms with van der Waals surface area (Å²) < 4.78 is 6.31. The second kappa shape index (κ2) is 7.83. The topological polar surface area (TPSA) is 93.5 Å². The minimum atomic E-state index is -1.10. The van der Waals surface area contributed by atoms with E-state index in [0.717, 1.165) is 5.56 Å². The number of nitrogens with one attached hydrogen (secondary N) is 1. The second-order valence-corrected chi connectivity index (χ2v) is 4.95. The number of alkyl carbamates (subject to hydrolysis) is 1. The Morgan fingerprint density at radius 2 is 2.04 bits per heavy atom. The van der Waals surface area contributed by atoms with Crippen molar-refractivity contribution in [1.82, 2.24) is 15.1 Å². The van der Waals surface area contributed by atoms with Gasteiger partial charge in [-0.05, 0) is 12.5 Å². The maximum absolute atomic E-state index is 11.6. The number of carboxylic acids is 1. The van der Waals surface area contributed by atoms with Crippen LogP contribution in [0.25, 0.3) is 0 Å². The van der Waals surface area contributed by atoms with Crippen molar-refractivity contribution >= 4 is 12.1 Å². The van der Waals surface area contributed by atoms with Gasteiger partial charge in [0.1, 0.15) is 6.61 Å². The van der Waals surface area contributed by atoms with Crippen molar-refractivity contribution in [3.05, 3.63) is 52.8 Å². The molecule has 0 aliphatic heterocycles. The quantitative estimate of drug-likeness (QED) is 0.834. The van der Waals surface area contributed by atoms with Crippen LogP contribution in [-0.4, -0.2) is 33.5 Å². The summed E-state index contributed by atoms with van der Waals surface area (Å²) in [5.74, 6) is 4.33. The number of aromatic nitrogens is 2. The molecule has 1 aromatic carbocycles. The van der Waals surface area contributed by atoms with E-state index in [4.69, 9.17) is 9.84 Å². The second-order valence-electron chi connectivity index (χ2n) is 4.95. The van der Waals surface area contributed by atoms with Crippen LogP contribution in [0.4, 0.5) is 4.79 Å². The lowest BCUT2D eigenvalue weighted by atomic mass is 10.2. The Labute approximate surface area is 139 Å². The van der Waals surface area contributed by atoms with Crippen LogP contribution in [0.15, 0.2) is 30.3 Å². The highest BCUT2D eigenvalue weighted by Gasteiger charge is 2.17. The zero-order chi connectivity index (χ0) is 17.5. The molecule has 0 atom stereocenters. The van der Waals surface area contributed by atoms with Gasteiger partial charge in [-0.1, -0.05) is 42.2 Å². The Bertz CT molecular complexity index is 800. The molecule has 0 spiro atoms. The van der Waals surface area contributed by atoms with Gasteiger partial charge < -0.3 is 15.2 Å². The summed E-state index contributed by atoms with van der Waals surface area (Å²) in [5.41, 5.74) is 1.76. The summed E-state index contributed by atoms with van der Waals surface area (Å²) in [5, 5.41) is 15.7. The average molecular weight is 327 g/mol. The highest BCUT2D eigenvalue weighted by Crippen LogP contribution is 2.11. The monoisotopic (exact) mass is 327 g/mol. The zero-order valence-electron chi connectivity index (χ0n) is 13.4. The SMILES string of the molecule is Cc1nn(C)c(C(=O)O)c1C#CCNC(=O)OCc1ccccc1. The summed E-state index contributed by atoms with van der Waals surface area (Å²) in [7, 11) is 1.54. The van der Waals surface area contributed by atoms with E-state index >= 15 is 0 Å². The van der Waals surface area contributed by atoms with Gasteiger partial charge in [0, 0.05) is 7.05 Å². The van der Waals surface area contributed by atoms with Crippen LogP contribution in [0.2, 0.25) is 0 Å². The Hall–Kier alpha value is -3.27. The van der Waals surface area contributed by atoms with Crippen molar-refractivity contribution in [2.75, 3.05) is 6.54 Å². The van der Waals surface area contributed by atoms with Gasteiger partial charge in [0.05, 0.1) is 17.8 Å². The van der Waals surface area contributed by atoms with Gasteiger partial charge >= 0.3 is 12.1 Å². The number of carboxylic acid groups (broad SMARTS) is 1. The lowest BCUT2D eigenvalue weighted by Crippen LogP contribution is -2.24. The van der Waals surface area contributed by atoms with Gasteiger partial charge in [0.15, 0.2) is 5.69 Å². The Morgan fingerprint density at radius 1 is 1.33 bits per heavy atom. The standard InChI is InChI=1S/C17H17N3O4/c1-12-14(15(16(21)22)20(2)19-12)9-6-10-18-17(23)24-11-13-7-4-3-5-8-13/h3-5,7-8H,10-11H2,1-2H3,(H,18,23)(H,21,22). The molecule has 2 aromatic rings. The van der Waals surface area contributed by atoms with Gasteiger partial charge in [0.2, 0.25) is 0 Å². The Balaban J connectivity index is 1.88. The molecule has 2 N–H and O–H groups in total. The lowest BCUT2D eigenvalue weighted by Gasteiger charge is -2.04. The highest BCUT2D eigenvalue weighted by atomic mass is 16.5. The molecule has 2 rings (SSSR count). The third kappa shape index (κ3) is 4.36. The average Bonchev–Trinajstić information content (AvgIpc) is 2.84. The van der Waals surface area contributed by atoms with Crippen LogP contribution in [0, 0.1) is 18.8 Å². The van der Waals surface area contributed by atoms with E-state index in [1.807, 2.05) is 30.3 Å². The molecule has 7 heteroatoms. The molecular weight excluding hydrogens is 310 g/mol. The maximum atomic E-state index is 11.6. The van der Waals surface area contributed by atoms with Gasteiger partial charge in [-0.25, -0.2) is 9.59 Å². The predicted octanol–water partition coefficient (Wildman–Crippen LogP) is 1.70. The summed E-state index contributed by atoms with van der Waals surface area (Å²) in [6.45, 7) is 1.89. The molecule has 0 saturated heterocycles. The molecule has 1 heterocycles. The fourth-order valence-corrected chi connectivity index (χ4v) is 2.08. The molecule has 7 nitrogen and oxygen atoms in total. The fraction of sp³-hybridized carbons (Fsp3) is 0.235. The molecule has 0 aliphatic carbocycles. The lowest BCUT2D eigenvalue weighted by molar-refractivity contribution is 0.0684. The molecule has 0 radical (unpaired) electrons. The molecule has 0 fully saturated rings. The number of aryl methyl sites for hydroxylation is 2. The molecular formula is C17H17N3O4. The summed E-state index contributed by atoms with van der Waals surface area (Å²) >= 11 is 0. The van der Waals surface area contributed by atoms with Crippen molar-refractivity contribution in [2.45, 2.75) is 13.5 Å². The van der Waals surface area contributed by atoms with Crippen molar-refractivity contribution in [3.8, 4) is 11.8 Å². The van der Waals surface area contributed by atoms with Crippen molar-refractivity contribution < 1.29 is 19.4 Å². The third-order valence-electron chi connectivity index (χ3n) is 3.17. The van der Waals surface area contributed by atoms with Crippen LogP contribution < -0.4 is 5.32 Å². The van der Waals surface area contributed by atoms with Gasteiger partial charge in [0.25, 0.3) is 0 Å². The van der Waals surface area contributed by atoms with Gasteiger partial charge in [-0.15, -0.1) is 0 Å². The van der Waals surface area contributed by atoms with Crippen LogP contribution in [0.5, 0.6) is 0 Å². The van der Waals surface area contributed by atoms with Crippen molar-refractivity contribution in [1.29, 1.82) is 0 Å². The number of rotatable bonds is 4. The van der Waals surface area contributed by atoms with E-state index in [2.05, 4.69) is 22.3 Å². The van der Waals surface area contributed by atoms with Gasteiger partial charge in [-0.3, -0.25) is 4.68 Å². The van der Waals surface area contributed by atoms with Crippen molar-refractivity contribution in [2.24, 2.45) is 7.05 Å². The van der Waals surface area contributed by atoms with Crippen LogP contribution >= 0.6 is 0 Å². The number of hydrogen-bond acceptors (Lipinski definition) is 4. The first kappa shape index (κ1) is 17.1. The molecule has 1 aromatic heterocycles. The third-order valence-corrected chi connectivity index (χ3v) is 3.17. The first-order valence-electron chi connectivity index (χ1n) is 7.19. The van der Waals surface area contributed by atoms with Crippen LogP contribution in [0.1, 0.15) is 27.3 Å². The highest BCUT2D eigenvalue weighted by molar-refractivity contribution is 5.89. The van der Waals surface area contributed by atoms with Crippen molar-refractivity contribution in [3.63, 3.8) is 0 Å². The molecule has 0 bridgehead atoms. The summed E-state index contributed by atoms with van der Waals surface area (Å²) in [4.78, 5) is 22.8. The van der Waals surface area contributed by atoms with E-state index in [0.29, 0.717) is 11.3 Å². The van der Waals surface area contributed by atoms with E-state index in [1.54, 1.807) is 14.0 Å². The van der Waals surface area contributed by atoms with E-state index in [9.17, 15) is 9.59 Å². The number of carbonyl (C=O) groups excluding carboxylic acids is 1. The molecule has 1 amide bonds. The number of ether oxygens (including phenoxy) is 1. The normalized spacial score (nSPS) is 9.75. The van der Waals surface area contributed by atoms with Crippen LogP contribution in [0.3, 0.4) is 0 Å². The number of carbonyl (C=O) groups is 2. The van der Waals surface area contributed by atoms with E-state index in [-0.39, 0.29) is 18.8 Å². The minimum Gasteiger partial charge on any atom is -0.476 e.